The second-order valence-electron chi connectivity index (χ2n) is 10.9. The molecule has 7 rings (SSSR count). The highest BCUT2D eigenvalue weighted by molar-refractivity contribution is 6.36. The van der Waals surface area contributed by atoms with Crippen molar-refractivity contribution < 1.29 is 23.8 Å². The number of carbonyl (C=O) groups is 2. The summed E-state index contributed by atoms with van der Waals surface area (Å²) in [5.74, 6) is -2.13. The van der Waals surface area contributed by atoms with Crippen LogP contribution in [-0.2, 0) is 11.8 Å². The van der Waals surface area contributed by atoms with Crippen LogP contribution in [0.15, 0.2) is 63.5 Å². The number of benzene rings is 2. The number of aromatic amines is 1. The highest BCUT2D eigenvalue weighted by Gasteiger charge is 2.63. The summed E-state index contributed by atoms with van der Waals surface area (Å²) in [4.78, 5) is 62.1. The lowest BCUT2D eigenvalue weighted by Crippen LogP contribution is -2.58. The van der Waals surface area contributed by atoms with Crippen LogP contribution in [0, 0.1) is 5.92 Å². The van der Waals surface area contributed by atoms with Crippen molar-refractivity contribution in [2.75, 3.05) is 19.5 Å². The van der Waals surface area contributed by atoms with Crippen LogP contribution in [-0.4, -0.2) is 45.9 Å². The first kappa shape index (κ1) is 27.0. The lowest BCUT2D eigenvalue weighted by molar-refractivity contribution is -0.130. The number of hydrogen-bond donors (Lipinski definition) is 2. The zero-order valence-corrected chi connectivity index (χ0v) is 24.3. The molecule has 12 heteroatoms. The van der Waals surface area contributed by atoms with Gasteiger partial charge in [0.2, 0.25) is 17.2 Å². The molecular weight excluding hydrogens is 576 g/mol. The van der Waals surface area contributed by atoms with Gasteiger partial charge in [-0.25, -0.2) is 4.79 Å². The first-order chi connectivity index (χ1) is 20.6. The predicted octanol–water partition coefficient (Wildman–Crippen LogP) is 3.73. The van der Waals surface area contributed by atoms with E-state index in [1.54, 1.807) is 31.3 Å². The number of ether oxygens (including phenoxy) is 3. The average Bonchev–Trinajstić information content (AvgIpc) is 3.32. The first-order valence-electron chi connectivity index (χ1n) is 13.5. The van der Waals surface area contributed by atoms with Gasteiger partial charge in [0.15, 0.2) is 5.75 Å². The lowest BCUT2D eigenvalue weighted by Gasteiger charge is -2.42. The quantitative estimate of drug-likeness (QED) is 0.336. The number of nitrogens with zero attached hydrogens (tertiary/aromatic N) is 2. The molecule has 3 unspecified atom stereocenters. The van der Waals surface area contributed by atoms with Gasteiger partial charge in [0.05, 0.1) is 25.3 Å². The fourth-order valence-electron chi connectivity index (χ4n) is 6.57. The molecule has 0 fully saturated rings. The number of ketones is 2. The number of halogens is 1. The molecule has 1 spiro atoms. The van der Waals surface area contributed by atoms with E-state index in [1.165, 1.54) is 31.9 Å². The smallest absolute Gasteiger partial charge is 0.329 e. The van der Waals surface area contributed by atoms with Gasteiger partial charge in [-0.3, -0.25) is 28.9 Å². The van der Waals surface area contributed by atoms with Crippen molar-refractivity contribution in [3.63, 3.8) is 0 Å². The largest absolute Gasteiger partial charge is 0.496 e. The van der Waals surface area contributed by atoms with Gasteiger partial charge < -0.3 is 19.5 Å². The number of Topliss-reactive ketones (excluding diaryl/α,β-unsaturated/α-hetero) is 2. The molecule has 0 saturated heterocycles. The Labute approximate surface area is 249 Å². The minimum absolute atomic E-state index is 0.00450. The maximum absolute atomic E-state index is 14.9. The van der Waals surface area contributed by atoms with E-state index in [1.807, 2.05) is 12.1 Å². The van der Waals surface area contributed by atoms with E-state index in [-0.39, 0.29) is 51.2 Å². The van der Waals surface area contributed by atoms with Gasteiger partial charge in [0.1, 0.15) is 27.9 Å². The molecule has 0 bridgehead atoms. The molecule has 0 amide bonds. The molecule has 0 saturated carbocycles. The summed E-state index contributed by atoms with van der Waals surface area (Å²) in [7, 11) is 4.36. The molecule has 3 atom stereocenters. The number of H-pyrrole nitrogens is 1. The van der Waals surface area contributed by atoms with Gasteiger partial charge in [0.25, 0.3) is 5.56 Å². The topological polar surface area (TPSA) is 142 Å². The van der Waals surface area contributed by atoms with Gasteiger partial charge in [-0.2, -0.15) is 0 Å². The van der Waals surface area contributed by atoms with Crippen LogP contribution >= 0.6 is 11.6 Å². The van der Waals surface area contributed by atoms with Crippen LogP contribution in [0.1, 0.15) is 40.7 Å². The number of pyridine rings is 1. The van der Waals surface area contributed by atoms with Gasteiger partial charge >= 0.3 is 5.69 Å². The molecule has 11 nitrogen and oxygen atoms in total. The summed E-state index contributed by atoms with van der Waals surface area (Å²) >= 11 is 6.61. The van der Waals surface area contributed by atoms with Crippen LogP contribution in [0.2, 0.25) is 5.02 Å². The van der Waals surface area contributed by atoms with E-state index in [0.717, 1.165) is 10.9 Å². The molecule has 2 aliphatic heterocycles. The van der Waals surface area contributed by atoms with Crippen molar-refractivity contribution in [1.29, 1.82) is 0 Å². The van der Waals surface area contributed by atoms with E-state index < -0.39 is 40.3 Å². The van der Waals surface area contributed by atoms with E-state index in [2.05, 4.69) is 15.3 Å². The summed E-state index contributed by atoms with van der Waals surface area (Å²) in [5.41, 5.74) is -0.982. The van der Waals surface area contributed by atoms with E-state index in [0.29, 0.717) is 11.3 Å². The molecule has 1 aliphatic carbocycles. The van der Waals surface area contributed by atoms with Crippen LogP contribution in [0.25, 0.3) is 10.9 Å². The number of fused-ring (bicyclic) bond motifs is 3. The van der Waals surface area contributed by atoms with Gasteiger partial charge in [-0.05, 0) is 30.2 Å². The summed E-state index contributed by atoms with van der Waals surface area (Å²) in [6, 6.07) is 10.6. The summed E-state index contributed by atoms with van der Waals surface area (Å²) in [5, 5.41) is 4.03. The Bertz CT molecular complexity index is 2080. The fraction of sp³-hybridized carbons (Fsp3) is 0.258. The maximum Gasteiger partial charge on any atom is 0.329 e. The zero-order valence-electron chi connectivity index (χ0n) is 23.5. The van der Waals surface area contributed by atoms with E-state index >= 15 is 0 Å². The van der Waals surface area contributed by atoms with Crippen LogP contribution in [0.3, 0.4) is 0 Å². The van der Waals surface area contributed by atoms with Crippen molar-refractivity contribution in [2.45, 2.75) is 24.9 Å². The molecule has 218 valence electrons. The monoisotopic (exact) mass is 600 g/mol. The third-order valence-electron chi connectivity index (χ3n) is 8.70. The Balaban J connectivity index is 1.48. The molecule has 4 aromatic rings. The lowest BCUT2D eigenvalue weighted by atomic mass is 9.66. The SMILES string of the molecule is COc1cc(OC)c2c(c1Cl)OC1(C(=O)C3=C(CC1C)Nc1c(c(=O)[nH]c(=O)n1C)C3c1ccc3ncccc3c1)C2=O. The number of carbonyl (C=O) groups excluding carboxylic acids is 2. The Morgan fingerprint density at radius 1 is 1.07 bits per heavy atom. The van der Waals surface area contributed by atoms with Crippen LogP contribution < -0.4 is 30.8 Å². The van der Waals surface area contributed by atoms with Crippen molar-refractivity contribution in [2.24, 2.45) is 13.0 Å². The molecule has 4 heterocycles. The van der Waals surface area contributed by atoms with Crippen LogP contribution in [0.4, 0.5) is 5.82 Å². The Morgan fingerprint density at radius 2 is 1.84 bits per heavy atom. The molecule has 3 aliphatic rings. The van der Waals surface area contributed by atoms with Crippen molar-refractivity contribution >= 4 is 39.9 Å². The van der Waals surface area contributed by atoms with Crippen molar-refractivity contribution in [3.05, 3.63) is 96.4 Å². The molecule has 43 heavy (non-hydrogen) atoms. The number of methoxy groups -OCH3 is 2. The predicted molar refractivity (Wildman–Crippen MR) is 158 cm³/mol. The van der Waals surface area contributed by atoms with Gasteiger partial charge in [-0.1, -0.05) is 30.7 Å². The Hall–Kier alpha value is -4.90. The summed E-state index contributed by atoms with van der Waals surface area (Å²) in [6.07, 6.45) is 1.87. The number of hydrogen-bond acceptors (Lipinski definition) is 9. The second kappa shape index (κ2) is 9.30. The number of nitrogens with one attached hydrogen (secondary N) is 2. The summed E-state index contributed by atoms with van der Waals surface area (Å²) in [6.45, 7) is 1.74. The molecular formula is C31H25ClN4O7. The molecule has 0 radical (unpaired) electrons. The third kappa shape index (κ3) is 3.51. The number of allylic oxidation sites excluding steroid dienone is 1. The Morgan fingerprint density at radius 3 is 2.58 bits per heavy atom. The van der Waals surface area contributed by atoms with Crippen molar-refractivity contribution in [3.8, 4) is 17.2 Å². The highest BCUT2D eigenvalue weighted by Crippen LogP contribution is 2.56. The first-order valence-corrected chi connectivity index (χ1v) is 13.9. The highest BCUT2D eigenvalue weighted by atomic mass is 35.5. The van der Waals surface area contributed by atoms with Crippen molar-refractivity contribution in [1.82, 2.24) is 14.5 Å². The fourth-order valence-corrected chi connectivity index (χ4v) is 6.84. The normalized spacial score (nSPS) is 22.2. The van der Waals surface area contributed by atoms with Gasteiger partial charge in [0, 0.05) is 47.8 Å². The molecule has 2 aromatic carbocycles. The number of anilines is 1. The minimum atomic E-state index is -1.98. The number of rotatable bonds is 3. The van der Waals surface area contributed by atoms with E-state index in [4.69, 9.17) is 25.8 Å². The summed E-state index contributed by atoms with van der Waals surface area (Å²) < 4.78 is 18.5. The third-order valence-corrected chi connectivity index (χ3v) is 9.06. The second-order valence-corrected chi connectivity index (χ2v) is 11.3. The Kier molecular flexibility index (Phi) is 5.83. The molecule has 2 aromatic heterocycles. The molecule has 2 N–H and O–H groups in total. The average molecular weight is 601 g/mol. The number of aromatic nitrogens is 3. The van der Waals surface area contributed by atoms with E-state index in [9.17, 15) is 19.2 Å². The standard InChI is InChI=1S/C31H25ClN4O7/c1-13-10-17-21(26(37)31(13)27(38)22-18(41-3)12-19(42-4)24(32)25(22)43-31)20(15-7-8-16-14(11-15)6-5-9-33-16)23-28(34-17)36(2)30(40)35-29(23)39/h5-9,11-13,20,34H,10H2,1-4H3,(H,35,39,40). The zero-order chi connectivity index (χ0) is 30.4. The maximum atomic E-state index is 14.9. The minimum Gasteiger partial charge on any atom is -0.496 e. The van der Waals surface area contributed by atoms with Crippen LogP contribution in [0.5, 0.6) is 17.2 Å². The van der Waals surface area contributed by atoms with Gasteiger partial charge in [-0.15, -0.1) is 0 Å².